The summed E-state index contributed by atoms with van der Waals surface area (Å²) in [6, 6.07) is 11.9. The smallest absolute Gasteiger partial charge is 0.123 e. The minimum atomic E-state index is -0.444. The summed E-state index contributed by atoms with van der Waals surface area (Å²) in [5.41, 5.74) is 3.15. The van der Waals surface area contributed by atoms with E-state index in [4.69, 9.17) is 14.2 Å². The standard InChI is InChI=1S/C23H31NO4/c1-16(2)11-21(25)17-5-7-23-18(12-17)14-24(9-10-28-23)15-19-13-20(26-3)6-8-22(19)27-4/h5-8,12-13,16,21,25H,9-11,14-15H2,1-4H3/t21-/m1/s1. The molecule has 0 bridgehead atoms. The predicted octanol–water partition coefficient (Wildman–Crippen LogP) is 4.18. The number of aliphatic hydroxyl groups is 1. The van der Waals surface area contributed by atoms with E-state index in [0.717, 1.165) is 60.0 Å². The number of fused-ring (bicyclic) bond motifs is 1. The van der Waals surface area contributed by atoms with Gasteiger partial charge in [-0.2, -0.15) is 0 Å². The average Bonchev–Trinajstić information content (AvgIpc) is 2.88. The number of hydrogen-bond donors (Lipinski definition) is 1. The van der Waals surface area contributed by atoms with Gasteiger partial charge in [0, 0.05) is 30.8 Å². The quantitative estimate of drug-likeness (QED) is 0.775. The molecule has 5 nitrogen and oxygen atoms in total. The summed E-state index contributed by atoms with van der Waals surface area (Å²) in [5.74, 6) is 3.02. The maximum atomic E-state index is 10.5. The van der Waals surface area contributed by atoms with Crippen LogP contribution in [0.25, 0.3) is 0 Å². The fourth-order valence-corrected chi connectivity index (χ4v) is 3.64. The maximum Gasteiger partial charge on any atom is 0.123 e. The van der Waals surface area contributed by atoms with Crippen molar-refractivity contribution >= 4 is 0 Å². The van der Waals surface area contributed by atoms with E-state index in [9.17, 15) is 5.11 Å². The van der Waals surface area contributed by atoms with Crippen molar-refractivity contribution in [3.05, 3.63) is 53.1 Å². The molecule has 1 atom stereocenters. The summed E-state index contributed by atoms with van der Waals surface area (Å²) in [4.78, 5) is 2.34. The molecule has 0 amide bonds. The van der Waals surface area contributed by atoms with Crippen molar-refractivity contribution in [2.45, 2.75) is 39.5 Å². The van der Waals surface area contributed by atoms with Gasteiger partial charge in [-0.15, -0.1) is 0 Å². The van der Waals surface area contributed by atoms with E-state index in [-0.39, 0.29) is 0 Å². The average molecular weight is 386 g/mol. The Bertz CT molecular complexity index is 790. The molecule has 1 aliphatic rings. The fraction of sp³-hybridized carbons (Fsp3) is 0.478. The summed E-state index contributed by atoms with van der Waals surface area (Å²) >= 11 is 0. The molecule has 0 spiro atoms. The van der Waals surface area contributed by atoms with Crippen molar-refractivity contribution < 1.29 is 19.3 Å². The third kappa shape index (κ3) is 4.97. The summed E-state index contributed by atoms with van der Waals surface area (Å²) < 4.78 is 16.9. The monoisotopic (exact) mass is 385 g/mol. The van der Waals surface area contributed by atoms with Gasteiger partial charge in [0.05, 0.1) is 20.3 Å². The first-order valence-electron chi connectivity index (χ1n) is 9.87. The predicted molar refractivity (Wildman–Crippen MR) is 110 cm³/mol. The molecule has 1 N–H and O–H groups in total. The molecule has 0 fully saturated rings. The van der Waals surface area contributed by atoms with Gasteiger partial charge in [0.25, 0.3) is 0 Å². The Morgan fingerprint density at radius 2 is 1.93 bits per heavy atom. The van der Waals surface area contributed by atoms with E-state index in [0.29, 0.717) is 12.5 Å². The van der Waals surface area contributed by atoms with Crippen molar-refractivity contribution in [1.82, 2.24) is 4.90 Å². The fourth-order valence-electron chi connectivity index (χ4n) is 3.64. The molecule has 0 saturated heterocycles. The Morgan fingerprint density at radius 3 is 2.64 bits per heavy atom. The van der Waals surface area contributed by atoms with Crippen molar-refractivity contribution in [3.63, 3.8) is 0 Å². The summed E-state index contributed by atoms with van der Waals surface area (Å²) in [6.07, 6.45) is 0.310. The van der Waals surface area contributed by atoms with Crippen LogP contribution in [-0.2, 0) is 13.1 Å². The van der Waals surface area contributed by atoms with Crippen molar-refractivity contribution in [2.24, 2.45) is 5.92 Å². The molecule has 0 radical (unpaired) electrons. The second-order valence-electron chi connectivity index (χ2n) is 7.75. The normalized spacial score (nSPS) is 15.5. The van der Waals surface area contributed by atoms with Gasteiger partial charge >= 0.3 is 0 Å². The molecule has 5 heteroatoms. The van der Waals surface area contributed by atoms with Crippen LogP contribution in [-0.4, -0.2) is 37.4 Å². The van der Waals surface area contributed by atoms with Crippen molar-refractivity contribution in [2.75, 3.05) is 27.4 Å². The van der Waals surface area contributed by atoms with Crippen molar-refractivity contribution in [3.8, 4) is 17.2 Å². The Kier molecular flexibility index (Phi) is 6.81. The molecule has 0 unspecified atom stereocenters. The van der Waals surface area contributed by atoms with E-state index >= 15 is 0 Å². The van der Waals surface area contributed by atoms with Crippen molar-refractivity contribution in [1.29, 1.82) is 0 Å². The number of hydrogen-bond acceptors (Lipinski definition) is 5. The number of methoxy groups -OCH3 is 2. The van der Waals surface area contributed by atoms with Gasteiger partial charge in [-0.05, 0) is 48.2 Å². The van der Waals surface area contributed by atoms with Crippen LogP contribution in [0.15, 0.2) is 36.4 Å². The molecule has 0 aromatic heterocycles. The molecule has 2 aromatic carbocycles. The second kappa shape index (κ2) is 9.30. The van der Waals surface area contributed by atoms with E-state index in [2.05, 4.69) is 24.8 Å². The number of aliphatic hydroxyl groups excluding tert-OH is 1. The third-order valence-electron chi connectivity index (χ3n) is 5.10. The van der Waals surface area contributed by atoms with Crippen LogP contribution in [0.4, 0.5) is 0 Å². The second-order valence-corrected chi connectivity index (χ2v) is 7.75. The molecule has 1 aliphatic heterocycles. The SMILES string of the molecule is COc1ccc(OC)c(CN2CCOc3ccc([C@H](O)CC(C)C)cc3C2)c1. The number of ether oxygens (including phenoxy) is 3. The lowest BCUT2D eigenvalue weighted by Crippen LogP contribution is -2.25. The first kappa shape index (κ1) is 20.5. The molecular formula is C23H31NO4. The molecule has 28 heavy (non-hydrogen) atoms. The lowest BCUT2D eigenvalue weighted by molar-refractivity contribution is 0.151. The molecule has 2 aromatic rings. The van der Waals surface area contributed by atoms with Crippen LogP contribution in [0.2, 0.25) is 0 Å². The van der Waals surface area contributed by atoms with Gasteiger partial charge in [-0.25, -0.2) is 0 Å². The van der Waals surface area contributed by atoms with E-state index in [1.165, 1.54) is 0 Å². The highest BCUT2D eigenvalue weighted by Crippen LogP contribution is 2.31. The highest BCUT2D eigenvalue weighted by molar-refractivity contribution is 5.41. The summed E-state index contributed by atoms with van der Waals surface area (Å²) in [5, 5.41) is 10.5. The molecule has 1 heterocycles. The van der Waals surface area contributed by atoms with Crippen LogP contribution in [0.5, 0.6) is 17.2 Å². The van der Waals surface area contributed by atoms with Gasteiger partial charge in [0.2, 0.25) is 0 Å². The first-order valence-corrected chi connectivity index (χ1v) is 9.87. The zero-order chi connectivity index (χ0) is 20.1. The van der Waals surface area contributed by atoms with Crippen LogP contribution in [0.3, 0.4) is 0 Å². The topological polar surface area (TPSA) is 51.2 Å². The van der Waals surface area contributed by atoms with E-state index in [1.807, 2.05) is 30.3 Å². The van der Waals surface area contributed by atoms with Gasteiger partial charge in [0.1, 0.15) is 23.9 Å². The Hall–Kier alpha value is -2.24. The highest BCUT2D eigenvalue weighted by atomic mass is 16.5. The Balaban J connectivity index is 1.80. The van der Waals surface area contributed by atoms with Gasteiger partial charge < -0.3 is 19.3 Å². The van der Waals surface area contributed by atoms with Crippen LogP contribution in [0, 0.1) is 5.92 Å². The summed E-state index contributed by atoms with van der Waals surface area (Å²) in [6.45, 7) is 7.20. The zero-order valence-corrected chi connectivity index (χ0v) is 17.3. The zero-order valence-electron chi connectivity index (χ0n) is 17.3. The lowest BCUT2D eigenvalue weighted by atomic mass is 9.97. The van der Waals surface area contributed by atoms with Crippen LogP contribution >= 0.6 is 0 Å². The van der Waals surface area contributed by atoms with Gasteiger partial charge in [-0.1, -0.05) is 19.9 Å². The Labute approximate surface area is 167 Å². The Morgan fingerprint density at radius 1 is 1.11 bits per heavy atom. The minimum Gasteiger partial charge on any atom is -0.497 e. The molecule has 3 rings (SSSR count). The van der Waals surface area contributed by atoms with Crippen LogP contribution in [0.1, 0.15) is 43.1 Å². The van der Waals surface area contributed by atoms with E-state index < -0.39 is 6.10 Å². The van der Waals surface area contributed by atoms with E-state index in [1.54, 1.807) is 14.2 Å². The number of rotatable bonds is 7. The number of nitrogens with zero attached hydrogens (tertiary/aromatic N) is 1. The first-order chi connectivity index (χ1) is 13.5. The molecule has 0 aliphatic carbocycles. The van der Waals surface area contributed by atoms with Gasteiger partial charge in [0.15, 0.2) is 0 Å². The maximum absolute atomic E-state index is 10.5. The molecular weight excluding hydrogens is 354 g/mol. The molecule has 0 saturated carbocycles. The van der Waals surface area contributed by atoms with Crippen LogP contribution < -0.4 is 14.2 Å². The van der Waals surface area contributed by atoms with Gasteiger partial charge in [-0.3, -0.25) is 4.90 Å². The number of benzene rings is 2. The third-order valence-corrected chi connectivity index (χ3v) is 5.10. The summed E-state index contributed by atoms with van der Waals surface area (Å²) in [7, 11) is 3.36. The largest absolute Gasteiger partial charge is 0.497 e. The molecule has 152 valence electrons. The lowest BCUT2D eigenvalue weighted by Gasteiger charge is -2.22. The minimum absolute atomic E-state index is 0.444. The highest BCUT2D eigenvalue weighted by Gasteiger charge is 2.19.